The lowest BCUT2D eigenvalue weighted by Gasteiger charge is -2.21. The Morgan fingerprint density at radius 2 is 0.641 bits per heavy atom. The molecule has 0 amide bonds. The fourth-order valence-electron chi connectivity index (χ4n) is 10.5. The summed E-state index contributed by atoms with van der Waals surface area (Å²) in [7, 11) is -9.92. The van der Waals surface area contributed by atoms with E-state index in [4.69, 9.17) is 37.0 Å². The molecule has 0 bridgehead atoms. The van der Waals surface area contributed by atoms with Crippen molar-refractivity contribution < 1.29 is 80.2 Å². The Labute approximate surface area is 561 Å². The molecule has 0 spiro atoms. The molecule has 0 rings (SSSR count). The fraction of sp³-hybridized carbons (Fsp3) is 0.890. The van der Waals surface area contributed by atoms with Gasteiger partial charge in [-0.2, -0.15) is 0 Å². The zero-order chi connectivity index (χ0) is 68.0. The van der Waals surface area contributed by atoms with Gasteiger partial charge >= 0.3 is 39.5 Å². The molecule has 0 aromatic carbocycles. The molecule has 0 radical (unpaired) electrons. The molecule has 0 saturated heterocycles. The summed E-state index contributed by atoms with van der Waals surface area (Å²) in [6.45, 7) is 11.8. The Balaban J connectivity index is 5.29. The highest BCUT2D eigenvalue weighted by atomic mass is 31.2. The second-order valence-electron chi connectivity index (χ2n) is 26.6. The minimum absolute atomic E-state index is 0.0977. The molecule has 0 aromatic rings. The monoisotopic (exact) mass is 1350 g/mol. The number of aliphatic hydroxyl groups excluding tert-OH is 1. The Morgan fingerprint density at radius 1 is 0.359 bits per heavy atom. The van der Waals surface area contributed by atoms with Crippen molar-refractivity contribution in [3.8, 4) is 0 Å². The number of phosphoric ester groups is 2. The highest BCUT2D eigenvalue weighted by Crippen LogP contribution is 2.45. The van der Waals surface area contributed by atoms with E-state index in [-0.39, 0.29) is 25.7 Å². The number of aliphatic hydroxyl groups is 1. The molecule has 92 heavy (non-hydrogen) atoms. The predicted molar refractivity (Wildman–Crippen MR) is 372 cm³/mol. The summed E-state index contributed by atoms with van der Waals surface area (Å²) in [5.41, 5.74) is 0. The summed E-state index contributed by atoms with van der Waals surface area (Å²) >= 11 is 0. The quantitative estimate of drug-likeness (QED) is 0.0169. The van der Waals surface area contributed by atoms with Crippen molar-refractivity contribution in [1.82, 2.24) is 0 Å². The van der Waals surface area contributed by atoms with Gasteiger partial charge in [0, 0.05) is 25.7 Å². The summed E-state index contributed by atoms with van der Waals surface area (Å²) in [4.78, 5) is 72.7. The van der Waals surface area contributed by atoms with Crippen LogP contribution in [0.25, 0.3) is 0 Å². The SMILES string of the molecule is CCCCCC/C=C\C=C/CCCCCCCC(=O)OC[C@H](COP(=O)(O)OC[C@@H](O)COP(=O)(O)OC[C@@H](COC(=O)CCCCCCCCC(C)CC)OC(=O)CCCCCCCCCCCCCCC(C)C)OC(=O)CCCCCCCCCCC(C)CC. The van der Waals surface area contributed by atoms with Gasteiger partial charge in [0.1, 0.15) is 19.3 Å². The molecule has 0 aliphatic carbocycles. The van der Waals surface area contributed by atoms with Crippen molar-refractivity contribution >= 4 is 39.5 Å². The second kappa shape index (κ2) is 63.3. The van der Waals surface area contributed by atoms with Gasteiger partial charge in [0.25, 0.3) is 0 Å². The first kappa shape index (κ1) is 89.5. The number of allylic oxidation sites excluding steroid dienone is 4. The highest BCUT2D eigenvalue weighted by Gasteiger charge is 2.30. The zero-order valence-electron chi connectivity index (χ0n) is 59.5. The van der Waals surface area contributed by atoms with Gasteiger partial charge in [-0.3, -0.25) is 37.3 Å². The second-order valence-corrected chi connectivity index (χ2v) is 29.5. The van der Waals surface area contributed by atoms with Crippen LogP contribution in [-0.4, -0.2) is 96.7 Å². The van der Waals surface area contributed by atoms with Crippen LogP contribution in [0.1, 0.15) is 344 Å². The minimum Gasteiger partial charge on any atom is -0.462 e. The van der Waals surface area contributed by atoms with E-state index in [1.807, 2.05) is 0 Å². The average molecular weight is 1350 g/mol. The van der Waals surface area contributed by atoms with Crippen LogP contribution < -0.4 is 0 Å². The largest absolute Gasteiger partial charge is 0.472 e. The van der Waals surface area contributed by atoms with Gasteiger partial charge in [0.15, 0.2) is 12.2 Å². The minimum atomic E-state index is -4.96. The van der Waals surface area contributed by atoms with E-state index in [1.165, 1.54) is 128 Å². The first-order valence-electron chi connectivity index (χ1n) is 37.2. The van der Waals surface area contributed by atoms with Gasteiger partial charge in [0.2, 0.25) is 0 Å². The van der Waals surface area contributed by atoms with E-state index in [0.717, 1.165) is 133 Å². The molecule has 0 aliphatic rings. The highest BCUT2D eigenvalue weighted by molar-refractivity contribution is 7.47. The third kappa shape index (κ3) is 63.6. The van der Waals surface area contributed by atoms with Gasteiger partial charge in [-0.05, 0) is 69.1 Å². The number of hydrogen-bond donors (Lipinski definition) is 3. The van der Waals surface area contributed by atoms with Gasteiger partial charge in [-0.1, -0.05) is 291 Å². The molecule has 4 unspecified atom stereocenters. The Morgan fingerprint density at radius 3 is 0.967 bits per heavy atom. The van der Waals surface area contributed by atoms with E-state index < -0.39 is 97.5 Å². The molecule has 0 aromatic heterocycles. The molecule has 7 atom stereocenters. The van der Waals surface area contributed by atoms with E-state index in [2.05, 4.69) is 72.8 Å². The molecular formula is C73H138O17P2. The summed E-state index contributed by atoms with van der Waals surface area (Å²) < 4.78 is 68.4. The van der Waals surface area contributed by atoms with Crippen LogP contribution in [0.2, 0.25) is 0 Å². The summed E-state index contributed by atoms with van der Waals surface area (Å²) in [6, 6.07) is 0. The zero-order valence-corrected chi connectivity index (χ0v) is 61.3. The molecule has 0 fully saturated rings. The first-order valence-corrected chi connectivity index (χ1v) is 40.2. The Bertz CT molecular complexity index is 1900. The van der Waals surface area contributed by atoms with Crippen molar-refractivity contribution in [1.29, 1.82) is 0 Å². The van der Waals surface area contributed by atoms with Crippen molar-refractivity contribution in [3.63, 3.8) is 0 Å². The van der Waals surface area contributed by atoms with Crippen molar-refractivity contribution in [3.05, 3.63) is 24.3 Å². The Hall–Kier alpha value is -2.46. The number of ether oxygens (including phenoxy) is 4. The van der Waals surface area contributed by atoms with E-state index in [1.54, 1.807) is 0 Å². The lowest BCUT2D eigenvalue weighted by Crippen LogP contribution is -2.30. The molecule has 0 saturated carbocycles. The number of esters is 4. The molecule has 0 heterocycles. The van der Waals surface area contributed by atoms with Crippen molar-refractivity contribution in [2.75, 3.05) is 39.6 Å². The molecule has 19 heteroatoms. The third-order valence-electron chi connectivity index (χ3n) is 17.0. The van der Waals surface area contributed by atoms with Crippen LogP contribution in [-0.2, 0) is 65.4 Å². The first-order chi connectivity index (χ1) is 44.3. The van der Waals surface area contributed by atoms with Crippen LogP contribution in [0.15, 0.2) is 24.3 Å². The topological polar surface area (TPSA) is 237 Å². The van der Waals surface area contributed by atoms with E-state index in [9.17, 15) is 43.2 Å². The smallest absolute Gasteiger partial charge is 0.462 e. The maximum absolute atomic E-state index is 13.0. The van der Waals surface area contributed by atoms with Gasteiger partial charge in [-0.15, -0.1) is 0 Å². The normalized spacial score (nSPS) is 14.9. The summed E-state index contributed by atoms with van der Waals surface area (Å²) in [6.07, 6.45) is 50.7. The summed E-state index contributed by atoms with van der Waals surface area (Å²) in [5.74, 6) is 0.116. The van der Waals surface area contributed by atoms with Gasteiger partial charge in [0.05, 0.1) is 26.4 Å². The fourth-order valence-corrected chi connectivity index (χ4v) is 12.0. The number of carbonyl (C=O) groups is 4. The van der Waals surface area contributed by atoms with E-state index in [0.29, 0.717) is 25.7 Å². The number of unbranched alkanes of at least 4 members (excludes halogenated alkanes) is 32. The number of carbonyl (C=O) groups excluding carboxylic acids is 4. The van der Waals surface area contributed by atoms with Crippen molar-refractivity contribution in [2.24, 2.45) is 17.8 Å². The van der Waals surface area contributed by atoms with Gasteiger partial charge in [-0.25, -0.2) is 9.13 Å². The molecule has 17 nitrogen and oxygen atoms in total. The standard InChI is InChI=1S/C73H138O17P2/c1-8-11-12-13-14-15-16-17-18-19-23-26-32-40-47-54-70(75)83-60-68(90-73(78)57-50-43-34-29-28-31-38-45-52-65(6)9-2)62-87-91(79,80)85-58-67(74)59-86-92(81,82)88-63-69(61-84-71(76)55-48-41-36-35-39-46-53-66(7)10-3)89-72(77)56-49-42-33-27-24-21-20-22-25-30-37-44-51-64(4)5/h15-18,64-69,74H,8-14,19-63H2,1-7H3,(H,79,80)(H,81,82)/b16-15-,18-17-/t65?,66?,67-,68-,69-/m1/s1. The lowest BCUT2D eigenvalue weighted by molar-refractivity contribution is -0.161. The van der Waals surface area contributed by atoms with Gasteiger partial charge < -0.3 is 33.8 Å². The predicted octanol–water partition coefficient (Wildman–Crippen LogP) is 20.6. The van der Waals surface area contributed by atoms with Crippen molar-refractivity contribution in [2.45, 2.75) is 362 Å². The number of phosphoric acid groups is 2. The number of hydrogen-bond acceptors (Lipinski definition) is 15. The Kier molecular flexibility index (Phi) is 61.6. The average Bonchev–Trinajstić information content (AvgIpc) is 3.33. The van der Waals surface area contributed by atoms with Crippen LogP contribution in [0, 0.1) is 17.8 Å². The third-order valence-corrected chi connectivity index (χ3v) is 18.9. The van der Waals surface area contributed by atoms with Crippen LogP contribution in [0.5, 0.6) is 0 Å². The molecule has 0 aliphatic heterocycles. The van der Waals surface area contributed by atoms with Crippen LogP contribution in [0.4, 0.5) is 0 Å². The van der Waals surface area contributed by atoms with Crippen LogP contribution >= 0.6 is 15.6 Å². The maximum atomic E-state index is 13.0. The lowest BCUT2D eigenvalue weighted by atomic mass is 9.99. The molecule has 542 valence electrons. The molecule has 3 N–H and O–H groups in total. The number of rotatable bonds is 69. The molecular weight excluding hydrogens is 1210 g/mol. The maximum Gasteiger partial charge on any atom is 0.472 e. The van der Waals surface area contributed by atoms with E-state index >= 15 is 0 Å². The summed E-state index contributed by atoms with van der Waals surface area (Å²) in [5, 5.41) is 10.6. The van der Waals surface area contributed by atoms with Crippen LogP contribution in [0.3, 0.4) is 0 Å².